The van der Waals surface area contributed by atoms with Crippen molar-refractivity contribution in [3.63, 3.8) is 0 Å². The van der Waals surface area contributed by atoms with Crippen molar-refractivity contribution < 1.29 is 9.84 Å². The highest BCUT2D eigenvalue weighted by atomic mass is 16.5. The molecule has 0 rings (SSSR count). The van der Waals surface area contributed by atoms with E-state index < -0.39 is 5.60 Å². The van der Waals surface area contributed by atoms with Crippen LogP contribution in [0.2, 0.25) is 0 Å². The Morgan fingerprint density at radius 3 is 2.08 bits per heavy atom. The van der Waals surface area contributed by atoms with Crippen LogP contribution in [0.25, 0.3) is 0 Å². The van der Waals surface area contributed by atoms with Gasteiger partial charge in [0.25, 0.3) is 0 Å². The molecular weight excluding hydrogens is 152 g/mol. The summed E-state index contributed by atoms with van der Waals surface area (Å²) in [7, 11) is 0. The smallest absolute Gasteiger partial charge is 0.0824 e. The second-order valence-corrected chi connectivity index (χ2v) is 4.56. The van der Waals surface area contributed by atoms with E-state index in [4.69, 9.17) is 4.74 Å². The molecule has 0 aliphatic rings. The summed E-state index contributed by atoms with van der Waals surface area (Å²) in [6.45, 7) is 10.3. The van der Waals surface area contributed by atoms with Gasteiger partial charge in [0, 0.05) is 0 Å². The van der Waals surface area contributed by atoms with Gasteiger partial charge in [-0.2, -0.15) is 0 Å². The third-order valence-electron chi connectivity index (χ3n) is 1.52. The molecule has 1 atom stereocenters. The first-order chi connectivity index (χ1) is 5.31. The lowest BCUT2D eigenvalue weighted by Gasteiger charge is -2.21. The van der Waals surface area contributed by atoms with Gasteiger partial charge in [-0.25, -0.2) is 0 Å². The molecule has 0 saturated carbocycles. The topological polar surface area (TPSA) is 29.5 Å². The summed E-state index contributed by atoms with van der Waals surface area (Å²) in [6.07, 6.45) is 1.30. The van der Waals surface area contributed by atoms with Crippen molar-refractivity contribution in [2.24, 2.45) is 5.92 Å². The van der Waals surface area contributed by atoms with E-state index in [2.05, 4.69) is 13.8 Å². The van der Waals surface area contributed by atoms with Gasteiger partial charge in [-0.1, -0.05) is 13.8 Å². The first-order valence-corrected chi connectivity index (χ1v) is 4.65. The number of hydrogen-bond donors (Lipinski definition) is 1. The number of ether oxygens (including phenoxy) is 1. The first-order valence-electron chi connectivity index (χ1n) is 4.65. The van der Waals surface area contributed by atoms with Crippen LogP contribution in [0, 0.1) is 5.92 Å². The Bertz CT molecular complexity index is 113. The molecule has 74 valence electrons. The highest BCUT2D eigenvalue weighted by molar-refractivity contribution is 4.64. The van der Waals surface area contributed by atoms with Crippen LogP contribution < -0.4 is 0 Å². The van der Waals surface area contributed by atoms with Crippen LogP contribution in [-0.2, 0) is 4.74 Å². The third kappa shape index (κ3) is 8.02. The summed E-state index contributed by atoms with van der Waals surface area (Å²) in [4.78, 5) is 0. The van der Waals surface area contributed by atoms with Crippen molar-refractivity contribution >= 4 is 0 Å². The molecule has 0 aromatic rings. The van der Waals surface area contributed by atoms with Gasteiger partial charge in [0.15, 0.2) is 0 Å². The quantitative estimate of drug-likeness (QED) is 0.692. The van der Waals surface area contributed by atoms with Crippen LogP contribution in [0.4, 0.5) is 0 Å². The maximum atomic E-state index is 9.38. The fourth-order valence-electron chi connectivity index (χ4n) is 1.08. The predicted octanol–water partition coefficient (Wildman–Crippen LogP) is 2.21. The second-order valence-electron chi connectivity index (χ2n) is 4.56. The van der Waals surface area contributed by atoms with Crippen molar-refractivity contribution in [1.29, 1.82) is 0 Å². The Kier molecular flexibility index (Phi) is 4.80. The van der Waals surface area contributed by atoms with E-state index in [1.165, 1.54) is 0 Å². The lowest BCUT2D eigenvalue weighted by atomic mass is 10.1. The zero-order chi connectivity index (χ0) is 9.78. The predicted molar refractivity (Wildman–Crippen MR) is 51.2 cm³/mol. The average Bonchev–Trinajstić information content (AvgIpc) is 1.80. The van der Waals surface area contributed by atoms with E-state index in [0.29, 0.717) is 12.5 Å². The van der Waals surface area contributed by atoms with Gasteiger partial charge >= 0.3 is 0 Å². The molecule has 0 bridgehead atoms. The summed E-state index contributed by atoms with van der Waals surface area (Å²) in [5.41, 5.74) is -0.703. The summed E-state index contributed by atoms with van der Waals surface area (Å²) in [5, 5.41) is 9.38. The Morgan fingerprint density at radius 1 is 1.25 bits per heavy atom. The molecule has 2 heteroatoms. The van der Waals surface area contributed by atoms with E-state index in [9.17, 15) is 5.11 Å². The molecule has 0 aromatic heterocycles. The minimum atomic E-state index is -0.703. The van der Waals surface area contributed by atoms with Crippen molar-refractivity contribution in [2.75, 3.05) is 6.61 Å². The Hall–Kier alpha value is -0.0800. The highest BCUT2D eigenvalue weighted by Crippen LogP contribution is 2.10. The Balaban J connectivity index is 3.51. The standard InChI is InChI=1S/C10H22O2/c1-8(2)6-9(3)12-7-10(4,5)11/h8-9,11H,6-7H2,1-5H3/t9-/m1/s1. The lowest BCUT2D eigenvalue weighted by molar-refractivity contribution is -0.0523. The SMILES string of the molecule is CC(C)C[C@@H](C)OCC(C)(C)O. The molecule has 0 aliphatic carbocycles. The summed E-state index contributed by atoms with van der Waals surface area (Å²) in [6, 6.07) is 0. The minimum Gasteiger partial charge on any atom is -0.388 e. The van der Waals surface area contributed by atoms with E-state index >= 15 is 0 Å². The van der Waals surface area contributed by atoms with E-state index in [1.807, 2.05) is 6.92 Å². The normalized spacial score (nSPS) is 15.2. The molecule has 0 unspecified atom stereocenters. The first kappa shape index (κ1) is 11.9. The Morgan fingerprint density at radius 2 is 1.75 bits per heavy atom. The van der Waals surface area contributed by atoms with Crippen LogP contribution in [0.15, 0.2) is 0 Å². The Labute approximate surface area is 75.9 Å². The maximum Gasteiger partial charge on any atom is 0.0824 e. The van der Waals surface area contributed by atoms with Gasteiger partial charge in [0.1, 0.15) is 0 Å². The van der Waals surface area contributed by atoms with Crippen molar-refractivity contribution in [3.05, 3.63) is 0 Å². The molecule has 2 nitrogen and oxygen atoms in total. The molecule has 0 aromatic carbocycles. The van der Waals surface area contributed by atoms with Gasteiger partial charge in [-0.3, -0.25) is 0 Å². The molecule has 0 saturated heterocycles. The number of aliphatic hydroxyl groups is 1. The van der Waals surface area contributed by atoms with Gasteiger partial charge in [-0.05, 0) is 33.1 Å². The van der Waals surface area contributed by atoms with Gasteiger partial charge in [-0.15, -0.1) is 0 Å². The molecule has 12 heavy (non-hydrogen) atoms. The lowest BCUT2D eigenvalue weighted by Crippen LogP contribution is -2.29. The fourth-order valence-corrected chi connectivity index (χ4v) is 1.08. The third-order valence-corrected chi connectivity index (χ3v) is 1.52. The molecule has 0 aliphatic heterocycles. The van der Waals surface area contributed by atoms with Crippen LogP contribution in [0.5, 0.6) is 0 Å². The molecule has 0 amide bonds. The van der Waals surface area contributed by atoms with Crippen molar-refractivity contribution in [3.8, 4) is 0 Å². The number of rotatable bonds is 5. The molecule has 0 spiro atoms. The van der Waals surface area contributed by atoms with Crippen molar-refractivity contribution in [1.82, 2.24) is 0 Å². The number of hydrogen-bond acceptors (Lipinski definition) is 2. The van der Waals surface area contributed by atoms with E-state index in [1.54, 1.807) is 13.8 Å². The summed E-state index contributed by atoms with van der Waals surface area (Å²) in [5.74, 6) is 0.654. The van der Waals surface area contributed by atoms with Gasteiger partial charge in [0.2, 0.25) is 0 Å². The molecule has 0 heterocycles. The van der Waals surface area contributed by atoms with E-state index in [0.717, 1.165) is 6.42 Å². The van der Waals surface area contributed by atoms with Crippen LogP contribution >= 0.6 is 0 Å². The van der Waals surface area contributed by atoms with E-state index in [-0.39, 0.29) is 6.10 Å². The monoisotopic (exact) mass is 174 g/mol. The highest BCUT2D eigenvalue weighted by Gasteiger charge is 2.15. The summed E-state index contributed by atoms with van der Waals surface area (Å²) < 4.78 is 5.47. The van der Waals surface area contributed by atoms with Gasteiger partial charge < -0.3 is 9.84 Å². The largest absolute Gasteiger partial charge is 0.388 e. The van der Waals surface area contributed by atoms with Crippen LogP contribution in [0.1, 0.15) is 41.0 Å². The average molecular weight is 174 g/mol. The summed E-state index contributed by atoms with van der Waals surface area (Å²) >= 11 is 0. The van der Waals surface area contributed by atoms with Gasteiger partial charge in [0.05, 0.1) is 18.3 Å². The maximum absolute atomic E-state index is 9.38. The molecular formula is C10H22O2. The van der Waals surface area contributed by atoms with Crippen LogP contribution in [-0.4, -0.2) is 23.4 Å². The molecule has 0 radical (unpaired) electrons. The zero-order valence-corrected chi connectivity index (χ0v) is 8.92. The minimum absolute atomic E-state index is 0.247. The fraction of sp³-hybridized carbons (Fsp3) is 1.00. The second kappa shape index (κ2) is 4.83. The van der Waals surface area contributed by atoms with Crippen LogP contribution in [0.3, 0.4) is 0 Å². The molecule has 1 N–H and O–H groups in total. The zero-order valence-electron chi connectivity index (χ0n) is 8.92. The van der Waals surface area contributed by atoms with Crippen molar-refractivity contribution in [2.45, 2.75) is 52.7 Å². The molecule has 0 fully saturated rings.